The highest BCUT2D eigenvalue weighted by Crippen LogP contribution is 2.20. The molecule has 1 atom stereocenters. The largest absolute Gasteiger partial charge is 0.383 e. The van der Waals surface area contributed by atoms with Crippen molar-refractivity contribution in [3.05, 3.63) is 48.3 Å². The lowest BCUT2D eigenvalue weighted by Crippen LogP contribution is -2.44. The number of nitrogens with one attached hydrogen (secondary N) is 1. The molecule has 0 saturated heterocycles. The number of rotatable bonds is 8. The van der Waals surface area contributed by atoms with Gasteiger partial charge in [0.2, 0.25) is 0 Å². The van der Waals surface area contributed by atoms with E-state index in [4.69, 9.17) is 4.74 Å². The van der Waals surface area contributed by atoms with Crippen molar-refractivity contribution >= 4 is 6.03 Å². The first-order valence-corrected chi connectivity index (χ1v) is 8.43. The van der Waals surface area contributed by atoms with Gasteiger partial charge < -0.3 is 19.5 Å². The second-order valence-electron chi connectivity index (χ2n) is 6.34. The summed E-state index contributed by atoms with van der Waals surface area (Å²) in [4.78, 5) is 23.0. The van der Waals surface area contributed by atoms with Crippen LogP contribution < -0.4 is 5.32 Å². The summed E-state index contributed by atoms with van der Waals surface area (Å²) in [6.45, 7) is 5.64. The molecule has 2 heterocycles. The Morgan fingerprint density at radius 2 is 2.04 bits per heavy atom. The summed E-state index contributed by atoms with van der Waals surface area (Å²) in [6.07, 6.45) is 7.09. The topological polar surface area (TPSA) is 72.3 Å². The SMILES string of the molecule is COCCN(Cc1ccncc1)C(=O)N[C@H](c1nccn1C)C(C)C. The first kappa shape index (κ1) is 18.9. The molecule has 0 aliphatic rings. The number of carbonyl (C=O) groups is 1. The molecule has 25 heavy (non-hydrogen) atoms. The zero-order chi connectivity index (χ0) is 18.2. The number of ether oxygens (including phenoxy) is 1. The summed E-state index contributed by atoms with van der Waals surface area (Å²) in [7, 11) is 3.57. The highest BCUT2D eigenvalue weighted by atomic mass is 16.5. The summed E-state index contributed by atoms with van der Waals surface area (Å²) < 4.78 is 7.09. The lowest BCUT2D eigenvalue weighted by atomic mass is 10.0. The Labute approximate surface area is 149 Å². The molecule has 0 fully saturated rings. The van der Waals surface area contributed by atoms with Crippen LogP contribution in [0.15, 0.2) is 36.9 Å². The van der Waals surface area contributed by atoms with Crippen molar-refractivity contribution in [3.8, 4) is 0 Å². The highest BCUT2D eigenvalue weighted by Gasteiger charge is 2.24. The molecule has 1 N–H and O–H groups in total. The van der Waals surface area contributed by atoms with E-state index in [0.717, 1.165) is 11.4 Å². The van der Waals surface area contributed by atoms with Gasteiger partial charge in [-0.3, -0.25) is 4.98 Å². The molecule has 0 bridgehead atoms. The van der Waals surface area contributed by atoms with Crippen LogP contribution in [-0.2, 0) is 18.3 Å². The minimum absolute atomic E-state index is 0.129. The molecule has 2 rings (SSSR count). The molecule has 0 unspecified atom stereocenters. The fourth-order valence-corrected chi connectivity index (χ4v) is 2.59. The zero-order valence-corrected chi connectivity index (χ0v) is 15.3. The summed E-state index contributed by atoms with van der Waals surface area (Å²) in [5, 5.41) is 3.12. The van der Waals surface area contributed by atoms with Crippen LogP contribution in [0.5, 0.6) is 0 Å². The summed E-state index contributed by atoms with van der Waals surface area (Å²) >= 11 is 0. The molecule has 0 spiro atoms. The van der Waals surface area contributed by atoms with Gasteiger partial charge in [-0.25, -0.2) is 9.78 Å². The normalized spacial score (nSPS) is 12.2. The smallest absolute Gasteiger partial charge is 0.318 e. The molecule has 0 aliphatic heterocycles. The maximum Gasteiger partial charge on any atom is 0.318 e. The molecule has 2 aromatic heterocycles. The van der Waals surface area contributed by atoms with Crippen molar-refractivity contribution in [1.82, 2.24) is 24.8 Å². The molecule has 0 aromatic carbocycles. The summed E-state index contributed by atoms with van der Waals surface area (Å²) in [5.41, 5.74) is 1.03. The van der Waals surface area contributed by atoms with E-state index >= 15 is 0 Å². The van der Waals surface area contributed by atoms with E-state index < -0.39 is 0 Å². The average Bonchev–Trinajstić information content (AvgIpc) is 3.02. The molecule has 136 valence electrons. The number of amides is 2. The van der Waals surface area contributed by atoms with Crippen molar-refractivity contribution in [2.24, 2.45) is 13.0 Å². The van der Waals surface area contributed by atoms with E-state index in [9.17, 15) is 4.79 Å². The summed E-state index contributed by atoms with van der Waals surface area (Å²) in [5.74, 6) is 1.06. The number of nitrogens with zero attached hydrogens (tertiary/aromatic N) is 4. The van der Waals surface area contributed by atoms with Crippen molar-refractivity contribution in [2.75, 3.05) is 20.3 Å². The number of aryl methyl sites for hydroxylation is 1. The first-order chi connectivity index (χ1) is 12.0. The first-order valence-electron chi connectivity index (χ1n) is 8.43. The van der Waals surface area contributed by atoms with E-state index in [1.807, 2.05) is 29.9 Å². The molecule has 0 radical (unpaired) electrons. The minimum atomic E-state index is -0.157. The van der Waals surface area contributed by atoms with Gasteiger partial charge in [0.15, 0.2) is 0 Å². The molecule has 2 aromatic rings. The van der Waals surface area contributed by atoms with Crippen molar-refractivity contribution < 1.29 is 9.53 Å². The lowest BCUT2D eigenvalue weighted by Gasteiger charge is -2.28. The molecular weight excluding hydrogens is 318 g/mol. The standard InChI is InChI=1S/C18H27N5O2/c1-14(2)16(17-20-9-10-22(17)3)21-18(24)23(11-12-25-4)13-15-5-7-19-8-6-15/h5-10,14,16H,11-13H2,1-4H3,(H,21,24)/t16-/m0/s1. The Kier molecular flexibility index (Phi) is 6.94. The Balaban J connectivity index is 2.12. The molecule has 7 heteroatoms. The van der Waals surface area contributed by atoms with Gasteiger partial charge in [-0.15, -0.1) is 0 Å². The zero-order valence-electron chi connectivity index (χ0n) is 15.3. The van der Waals surface area contributed by atoms with Crippen LogP contribution in [0.25, 0.3) is 0 Å². The molecule has 0 aliphatic carbocycles. The van der Waals surface area contributed by atoms with Crippen molar-refractivity contribution in [3.63, 3.8) is 0 Å². The second kappa shape index (κ2) is 9.17. The molecule has 0 saturated carbocycles. The van der Waals surface area contributed by atoms with Gasteiger partial charge >= 0.3 is 6.03 Å². The average molecular weight is 345 g/mol. The van der Waals surface area contributed by atoms with Crippen LogP contribution >= 0.6 is 0 Å². The Morgan fingerprint density at radius 1 is 1.32 bits per heavy atom. The Hall–Kier alpha value is -2.41. The predicted molar refractivity (Wildman–Crippen MR) is 95.8 cm³/mol. The van der Waals surface area contributed by atoms with Crippen LogP contribution in [0, 0.1) is 5.92 Å². The number of hydrogen-bond acceptors (Lipinski definition) is 4. The number of imidazole rings is 1. The number of urea groups is 1. The van der Waals surface area contributed by atoms with E-state index in [1.54, 1.807) is 30.6 Å². The number of carbonyl (C=O) groups excluding carboxylic acids is 1. The minimum Gasteiger partial charge on any atom is -0.383 e. The fraction of sp³-hybridized carbons (Fsp3) is 0.500. The molecule has 2 amide bonds. The van der Waals surface area contributed by atoms with E-state index in [-0.39, 0.29) is 18.0 Å². The van der Waals surface area contributed by atoms with Crippen molar-refractivity contribution in [1.29, 1.82) is 0 Å². The third kappa shape index (κ3) is 5.29. The maximum atomic E-state index is 12.9. The van der Waals surface area contributed by atoms with E-state index in [2.05, 4.69) is 29.1 Å². The molecular formula is C18H27N5O2. The number of pyridine rings is 1. The number of methoxy groups -OCH3 is 1. The van der Waals surface area contributed by atoms with Crippen LogP contribution in [0.2, 0.25) is 0 Å². The van der Waals surface area contributed by atoms with Crippen molar-refractivity contribution in [2.45, 2.75) is 26.4 Å². The van der Waals surface area contributed by atoms with Crippen LogP contribution in [0.4, 0.5) is 4.79 Å². The summed E-state index contributed by atoms with van der Waals surface area (Å²) in [6, 6.07) is 3.53. The van der Waals surface area contributed by atoms with Crippen LogP contribution in [-0.4, -0.2) is 45.7 Å². The third-order valence-electron chi connectivity index (χ3n) is 4.06. The number of aromatic nitrogens is 3. The predicted octanol–water partition coefficient (Wildman–Crippen LogP) is 2.37. The van der Waals surface area contributed by atoms with Gasteiger partial charge in [0.25, 0.3) is 0 Å². The van der Waals surface area contributed by atoms with Gasteiger partial charge in [0.1, 0.15) is 5.82 Å². The monoisotopic (exact) mass is 345 g/mol. The third-order valence-corrected chi connectivity index (χ3v) is 4.06. The van der Waals surface area contributed by atoms with E-state index in [1.165, 1.54) is 0 Å². The van der Waals surface area contributed by atoms with Gasteiger partial charge in [0, 0.05) is 52.0 Å². The lowest BCUT2D eigenvalue weighted by molar-refractivity contribution is 0.143. The quantitative estimate of drug-likeness (QED) is 0.797. The van der Waals surface area contributed by atoms with Gasteiger partial charge in [-0.2, -0.15) is 0 Å². The Bertz CT molecular complexity index is 656. The van der Waals surface area contributed by atoms with Gasteiger partial charge in [-0.1, -0.05) is 13.8 Å². The highest BCUT2D eigenvalue weighted by molar-refractivity contribution is 5.74. The van der Waals surface area contributed by atoms with Crippen LogP contribution in [0.1, 0.15) is 31.3 Å². The molecule has 7 nitrogen and oxygen atoms in total. The second-order valence-corrected chi connectivity index (χ2v) is 6.34. The van der Waals surface area contributed by atoms with Gasteiger partial charge in [0.05, 0.1) is 12.6 Å². The Morgan fingerprint density at radius 3 is 2.60 bits per heavy atom. The van der Waals surface area contributed by atoms with Crippen LogP contribution in [0.3, 0.4) is 0 Å². The fourth-order valence-electron chi connectivity index (χ4n) is 2.59. The van der Waals surface area contributed by atoms with Gasteiger partial charge in [-0.05, 0) is 23.6 Å². The van der Waals surface area contributed by atoms with E-state index in [0.29, 0.717) is 19.7 Å². The maximum absolute atomic E-state index is 12.9. The number of hydrogen-bond donors (Lipinski definition) is 1.